The Hall–Kier alpha value is -3.55. The largest absolute Gasteiger partial charge is 0.350 e. The standard InChI is InChI=1S/C21H19F2N5O/c1-13(19-25-15-9-5-6-10-18(15)28(19)21(22)23)12-24-20(29)17-11-16(26-27-17)14-7-3-2-4-8-14/h2-11,13,21H,12H2,1H3,(H,24,29)(H,26,27)/t13-/m0/s1. The van der Waals surface area contributed by atoms with Gasteiger partial charge < -0.3 is 5.32 Å². The van der Waals surface area contributed by atoms with Crippen LogP contribution in [0.5, 0.6) is 0 Å². The van der Waals surface area contributed by atoms with Crippen LogP contribution in [0.1, 0.15) is 35.7 Å². The van der Waals surface area contributed by atoms with Gasteiger partial charge in [0.1, 0.15) is 11.5 Å². The molecule has 1 amide bonds. The molecule has 6 nitrogen and oxygen atoms in total. The number of amides is 1. The molecule has 0 radical (unpaired) electrons. The number of nitrogens with zero attached hydrogens (tertiary/aromatic N) is 3. The second-order valence-electron chi connectivity index (χ2n) is 6.75. The number of aromatic nitrogens is 4. The first-order chi connectivity index (χ1) is 14.0. The van der Waals surface area contributed by atoms with Gasteiger partial charge in [0.05, 0.1) is 16.7 Å². The molecule has 0 unspecified atom stereocenters. The van der Waals surface area contributed by atoms with Crippen LogP contribution in [0.2, 0.25) is 0 Å². The molecule has 1 atom stereocenters. The number of nitrogens with one attached hydrogen (secondary N) is 2. The summed E-state index contributed by atoms with van der Waals surface area (Å²) in [6.45, 7) is -0.798. The number of halogens is 2. The predicted octanol–water partition coefficient (Wildman–Crippen LogP) is 4.36. The lowest BCUT2D eigenvalue weighted by Crippen LogP contribution is -2.29. The third-order valence-electron chi connectivity index (χ3n) is 4.72. The maximum Gasteiger partial charge on any atom is 0.320 e. The van der Waals surface area contributed by atoms with Crippen LogP contribution in [-0.4, -0.2) is 32.2 Å². The summed E-state index contributed by atoms with van der Waals surface area (Å²) in [4.78, 5) is 16.8. The highest BCUT2D eigenvalue weighted by molar-refractivity contribution is 5.93. The van der Waals surface area contributed by atoms with E-state index in [1.54, 1.807) is 37.3 Å². The van der Waals surface area contributed by atoms with Gasteiger partial charge in [-0.25, -0.2) is 4.98 Å². The van der Waals surface area contributed by atoms with Gasteiger partial charge in [-0.15, -0.1) is 0 Å². The van der Waals surface area contributed by atoms with Gasteiger partial charge >= 0.3 is 6.55 Å². The molecule has 4 aromatic rings. The fraction of sp³-hybridized carbons (Fsp3) is 0.190. The van der Waals surface area contributed by atoms with Crippen molar-refractivity contribution in [2.24, 2.45) is 0 Å². The Morgan fingerprint density at radius 3 is 2.62 bits per heavy atom. The number of aromatic amines is 1. The number of imidazole rings is 1. The minimum Gasteiger partial charge on any atom is -0.350 e. The van der Waals surface area contributed by atoms with Crippen LogP contribution in [0.15, 0.2) is 60.7 Å². The SMILES string of the molecule is C[C@@H](CNC(=O)c1cc(-c2ccccc2)n[nH]1)c1nc2ccccc2n1C(F)F. The number of benzene rings is 2. The van der Waals surface area contributed by atoms with Crippen LogP contribution < -0.4 is 5.32 Å². The molecular weight excluding hydrogens is 376 g/mol. The second-order valence-corrected chi connectivity index (χ2v) is 6.75. The van der Waals surface area contributed by atoms with Crippen molar-refractivity contribution in [1.29, 1.82) is 0 Å². The molecule has 0 spiro atoms. The number of hydrogen-bond acceptors (Lipinski definition) is 3. The molecule has 4 rings (SSSR count). The summed E-state index contributed by atoms with van der Waals surface area (Å²) < 4.78 is 28.1. The Morgan fingerprint density at radius 2 is 1.86 bits per heavy atom. The van der Waals surface area contributed by atoms with Crippen molar-refractivity contribution in [1.82, 2.24) is 25.1 Å². The zero-order valence-electron chi connectivity index (χ0n) is 15.6. The zero-order valence-corrected chi connectivity index (χ0v) is 15.6. The molecule has 0 aliphatic rings. The van der Waals surface area contributed by atoms with Gasteiger partial charge in [0, 0.05) is 18.0 Å². The van der Waals surface area contributed by atoms with Crippen LogP contribution >= 0.6 is 0 Å². The molecule has 2 aromatic heterocycles. The van der Waals surface area contributed by atoms with Crippen molar-refractivity contribution in [3.63, 3.8) is 0 Å². The van der Waals surface area contributed by atoms with E-state index in [0.717, 1.165) is 10.1 Å². The minimum atomic E-state index is -2.71. The number of alkyl halides is 2. The number of H-pyrrole nitrogens is 1. The minimum absolute atomic E-state index is 0.161. The number of para-hydroxylation sites is 2. The van der Waals surface area contributed by atoms with E-state index in [1.165, 1.54) is 0 Å². The Bertz CT molecular complexity index is 1140. The summed E-state index contributed by atoms with van der Waals surface area (Å²) in [7, 11) is 0. The van der Waals surface area contributed by atoms with Gasteiger partial charge in [0.15, 0.2) is 0 Å². The van der Waals surface area contributed by atoms with Crippen molar-refractivity contribution in [2.75, 3.05) is 6.54 Å². The fourth-order valence-corrected chi connectivity index (χ4v) is 3.24. The maximum absolute atomic E-state index is 13.6. The summed E-state index contributed by atoms with van der Waals surface area (Å²) in [6.07, 6.45) is 0. The van der Waals surface area contributed by atoms with E-state index in [9.17, 15) is 13.6 Å². The molecule has 0 bridgehead atoms. The molecule has 0 saturated heterocycles. The number of hydrogen-bond donors (Lipinski definition) is 2. The van der Waals surface area contributed by atoms with Crippen molar-refractivity contribution < 1.29 is 13.6 Å². The summed E-state index contributed by atoms with van der Waals surface area (Å²) in [6, 6.07) is 17.9. The number of carbonyl (C=O) groups excluding carboxylic acids is 1. The molecule has 29 heavy (non-hydrogen) atoms. The van der Waals surface area contributed by atoms with E-state index in [1.807, 2.05) is 30.3 Å². The molecular formula is C21H19F2N5O. The highest BCUT2D eigenvalue weighted by atomic mass is 19.3. The number of rotatable bonds is 6. The number of carbonyl (C=O) groups is 1. The Kier molecular flexibility index (Phi) is 5.07. The highest BCUT2D eigenvalue weighted by Crippen LogP contribution is 2.27. The first kappa shape index (κ1) is 18.8. The zero-order chi connectivity index (χ0) is 20.4. The highest BCUT2D eigenvalue weighted by Gasteiger charge is 2.22. The fourth-order valence-electron chi connectivity index (χ4n) is 3.24. The van der Waals surface area contributed by atoms with E-state index in [0.29, 0.717) is 22.4 Å². The molecule has 0 aliphatic heterocycles. The molecule has 148 valence electrons. The molecule has 2 N–H and O–H groups in total. The summed E-state index contributed by atoms with van der Waals surface area (Å²) in [5.41, 5.74) is 2.72. The third kappa shape index (κ3) is 3.73. The van der Waals surface area contributed by atoms with Gasteiger partial charge in [-0.1, -0.05) is 49.4 Å². The number of fused-ring (bicyclic) bond motifs is 1. The van der Waals surface area contributed by atoms with Crippen molar-refractivity contribution in [3.05, 3.63) is 72.2 Å². The molecule has 0 saturated carbocycles. The Morgan fingerprint density at radius 1 is 1.14 bits per heavy atom. The first-order valence-corrected chi connectivity index (χ1v) is 9.18. The van der Waals surface area contributed by atoms with E-state index in [-0.39, 0.29) is 18.3 Å². The normalized spacial score (nSPS) is 12.4. The average Bonchev–Trinajstić information content (AvgIpc) is 3.37. The summed E-state index contributed by atoms with van der Waals surface area (Å²) in [5, 5.41) is 9.64. The van der Waals surface area contributed by atoms with Crippen molar-refractivity contribution >= 4 is 16.9 Å². The smallest absolute Gasteiger partial charge is 0.320 e. The lowest BCUT2D eigenvalue weighted by molar-refractivity contribution is 0.0703. The lowest BCUT2D eigenvalue weighted by Gasteiger charge is -2.14. The van der Waals surface area contributed by atoms with Crippen molar-refractivity contribution in [2.45, 2.75) is 19.4 Å². The van der Waals surface area contributed by atoms with Crippen LogP contribution in [-0.2, 0) is 0 Å². The quantitative estimate of drug-likeness (QED) is 0.509. The van der Waals surface area contributed by atoms with E-state index in [4.69, 9.17) is 0 Å². The Balaban J connectivity index is 1.48. The van der Waals surface area contributed by atoms with Crippen LogP contribution in [0.4, 0.5) is 8.78 Å². The van der Waals surface area contributed by atoms with Gasteiger partial charge in [0.2, 0.25) is 0 Å². The molecule has 2 heterocycles. The lowest BCUT2D eigenvalue weighted by atomic mass is 10.1. The van der Waals surface area contributed by atoms with Crippen LogP contribution in [0.25, 0.3) is 22.3 Å². The molecule has 2 aromatic carbocycles. The van der Waals surface area contributed by atoms with Gasteiger partial charge in [-0.05, 0) is 18.2 Å². The van der Waals surface area contributed by atoms with E-state index in [2.05, 4.69) is 20.5 Å². The van der Waals surface area contributed by atoms with Gasteiger partial charge in [0.25, 0.3) is 5.91 Å². The van der Waals surface area contributed by atoms with Gasteiger partial charge in [-0.3, -0.25) is 14.5 Å². The summed E-state index contributed by atoms with van der Waals surface area (Å²) in [5.74, 6) is -0.529. The van der Waals surface area contributed by atoms with Crippen LogP contribution in [0.3, 0.4) is 0 Å². The molecule has 8 heteroatoms. The first-order valence-electron chi connectivity index (χ1n) is 9.18. The predicted molar refractivity (Wildman–Crippen MR) is 106 cm³/mol. The monoisotopic (exact) mass is 395 g/mol. The summed E-state index contributed by atoms with van der Waals surface area (Å²) >= 11 is 0. The second kappa shape index (κ2) is 7.83. The third-order valence-corrected chi connectivity index (χ3v) is 4.72. The average molecular weight is 395 g/mol. The van der Waals surface area contributed by atoms with Gasteiger partial charge in [-0.2, -0.15) is 13.9 Å². The molecule has 0 fully saturated rings. The topological polar surface area (TPSA) is 75.6 Å². The Labute approximate surface area is 165 Å². The van der Waals surface area contributed by atoms with Crippen LogP contribution in [0, 0.1) is 0 Å². The van der Waals surface area contributed by atoms with Crippen molar-refractivity contribution in [3.8, 4) is 11.3 Å². The molecule has 0 aliphatic carbocycles. The maximum atomic E-state index is 13.6. The van der Waals surface area contributed by atoms with E-state index < -0.39 is 12.5 Å². The van der Waals surface area contributed by atoms with E-state index >= 15 is 0 Å².